The van der Waals surface area contributed by atoms with Crippen molar-refractivity contribution in [3.63, 3.8) is 0 Å². The van der Waals surface area contributed by atoms with Gasteiger partial charge in [0.2, 0.25) is 0 Å². The zero-order chi connectivity index (χ0) is 22.7. The average Bonchev–Trinajstić information content (AvgIpc) is 3.34. The molecule has 0 unspecified atom stereocenters. The molecule has 1 fully saturated rings. The molecule has 164 valence electrons. The van der Waals surface area contributed by atoms with Gasteiger partial charge in [0.15, 0.2) is 0 Å². The number of carbonyl (C=O) groups is 1. The Hall–Kier alpha value is -2.90. The van der Waals surface area contributed by atoms with E-state index >= 15 is 0 Å². The number of amides is 1. The molecule has 2 heterocycles. The fourth-order valence-electron chi connectivity index (χ4n) is 3.43. The van der Waals surface area contributed by atoms with Crippen LogP contribution in [0.2, 0.25) is 0 Å². The number of rotatable bonds is 7. The number of ether oxygens (including phenoxy) is 1. The molecule has 0 N–H and O–H groups in total. The lowest BCUT2D eigenvalue weighted by Crippen LogP contribution is -2.34. The predicted molar refractivity (Wildman–Crippen MR) is 135 cm³/mol. The van der Waals surface area contributed by atoms with E-state index in [2.05, 4.69) is 6.92 Å². The lowest BCUT2D eigenvalue weighted by molar-refractivity contribution is -0.123. The Kier molecular flexibility index (Phi) is 6.77. The SMILES string of the molecule is CCCOc1ccc(-c2nn(-c3ccccc3)cc2/C=C2/SC(=S)N(C(C)C)C2=O)cc1. The van der Waals surface area contributed by atoms with Gasteiger partial charge < -0.3 is 4.74 Å². The molecule has 0 atom stereocenters. The highest BCUT2D eigenvalue weighted by atomic mass is 32.2. The highest BCUT2D eigenvalue weighted by Gasteiger charge is 2.34. The lowest BCUT2D eigenvalue weighted by atomic mass is 10.1. The lowest BCUT2D eigenvalue weighted by Gasteiger charge is -2.18. The van der Waals surface area contributed by atoms with Crippen molar-refractivity contribution in [3.8, 4) is 22.7 Å². The van der Waals surface area contributed by atoms with Crippen LogP contribution in [0.15, 0.2) is 65.7 Å². The Bertz CT molecular complexity index is 1150. The van der Waals surface area contributed by atoms with Crippen LogP contribution in [-0.4, -0.2) is 37.6 Å². The molecule has 3 aromatic rings. The molecular formula is C25H25N3O2S2. The summed E-state index contributed by atoms with van der Waals surface area (Å²) in [7, 11) is 0. The molecule has 7 heteroatoms. The van der Waals surface area contributed by atoms with E-state index in [0.29, 0.717) is 15.8 Å². The first-order valence-corrected chi connectivity index (χ1v) is 11.9. The van der Waals surface area contributed by atoms with E-state index in [-0.39, 0.29) is 11.9 Å². The van der Waals surface area contributed by atoms with Crippen molar-refractivity contribution in [3.05, 3.63) is 71.3 Å². The number of hydrogen-bond donors (Lipinski definition) is 0. The monoisotopic (exact) mass is 463 g/mol. The quantitative estimate of drug-likeness (QED) is 0.321. The molecule has 0 aliphatic carbocycles. The first-order valence-electron chi connectivity index (χ1n) is 10.6. The number of para-hydroxylation sites is 1. The van der Waals surface area contributed by atoms with Crippen LogP contribution in [0.3, 0.4) is 0 Å². The van der Waals surface area contributed by atoms with Crippen molar-refractivity contribution in [1.29, 1.82) is 0 Å². The Balaban J connectivity index is 1.75. The van der Waals surface area contributed by atoms with Gasteiger partial charge in [-0.25, -0.2) is 4.68 Å². The van der Waals surface area contributed by atoms with E-state index in [9.17, 15) is 4.79 Å². The third-order valence-electron chi connectivity index (χ3n) is 4.99. The van der Waals surface area contributed by atoms with E-state index in [4.69, 9.17) is 22.1 Å². The van der Waals surface area contributed by atoms with Crippen LogP contribution in [0.4, 0.5) is 0 Å². The largest absolute Gasteiger partial charge is 0.494 e. The normalized spacial score (nSPS) is 15.2. The highest BCUT2D eigenvalue weighted by Crippen LogP contribution is 2.36. The smallest absolute Gasteiger partial charge is 0.266 e. The summed E-state index contributed by atoms with van der Waals surface area (Å²) in [4.78, 5) is 15.2. The van der Waals surface area contributed by atoms with Gasteiger partial charge in [-0.15, -0.1) is 0 Å². The first-order chi connectivity index (χ1) is 15.5. The third kappa shape index (κ3) is 4.64. The summed E-state index contributed by atoms with van der Waals surface area (Å²) in [5, 5.41) is 4.85. The van der Waals surface area contributed by atoms with Crippen molar-refractivity contribution in [2.45, 2.75) is 33.2 Å². The van der Waals surface area contributed by atoms with Gasteiger partial charge in [-0.1, -0.05) is 49.1 Å². The molecule has 0 saturated carbocycles. The Labute approximate surface area is 198 Å². The standard InChI is InChI=1S/C25H25N3O2S2/c1-4-14-30-21-12-10-18(11-13-21)23-19(16-27(26-23)20-8-6-5-7-9-20)15-22-24(29)28(17(2)3)25(31)32-22/h5-13,15-17H,4,14H2,1-3H3/b22-15+. The maximum atomic E-state index is 12.9. The second-order valence-corrected chi connectivity index (χ2v) is 9.41. The van der Waals surface area contributed by atoms with Gasteiger partial charge in [0.05, 0.1) is 22.9 Å². The van der Waals surface area contributed by atoms with Crippen LogP contribution >= 0.6 is 24.0 Å². The van der Waals surface area contributed by atoms with E-state index in [1.165, 1.54) is 11.8 Å². The van der Waals surface area contributed by atoms with E-state index in [0.717, 1.165) is 34.7 Å². The molecule has 1 saturated heterocycles. The predicted octanol–water partition coefficient (Wildman–Crippen LogP) is 5.94. The fourth-order valence-corrected chi connectivity index (χ4v) is 4.94. The van der Waals surface area contributed by atoms with Gasteiger partial charge in [0.25, 0.3) is 5.91 Å². The molecule has 1 aliphatic heterocycles. The third-order valence-corrected chi connectivity index (χ3v) is 6.32. The maximum absolute atomic E-state index is 12.9. The highest BCUT2D eigenvalue weighted by molar-refractivity contribution is 8.26. The van der Waals surface area contributed by atoms with Crippen LogP contribution in [0.25, 0.3) is 23.0 Å². The van der Waals surface area contributed by atoms with Crippen LogP contribution in [0.5, 0.6) is 5.75 Å². The van der Waals surface area contributed by atoms with Gasteiger partial charge in [0.1, 0.15) is 10.1 Å². The van der Waals surface area contributed by atoms with Gasteiger partial charge in [-0.2, -0.15) is 5.10 Å². The summed E-state index contributed by atoms with van der Waals surface area (Å²) in [6.07, 6.45) is 4.81. The second kappa shape index (κ2) is 9.71. The summed E-state index contributed by atoms with van der Waals surface area (Å²) in [5.74, 6) is 0.772. The zero-order valence-electron chi connectivity index (χ0n) is 18.3. The minimum absolute atomic E-state index is 0.0237. The average molecular weight is 464 g/mol. The van der Waals surface area contributed by atoms with Crippen LogP contribution in [0.1, 0.15) is 32.8 Å². The van der Waals surface area contributed by atoms with Gasteiger partial charge in [-0.05, 0) is 62.7 Å². The summed E-state index contributed by atoms with van der Waals surface area (Å²) in [5.41, 5.74) is 3.56. The van der Waals surface area contributed by atoms with Crippen molar-refractivity contribution < 1.29 is 9.53 Å². The summed E-state index contributed by atoms with van der Waals surface area (Å²) in [6.45, 7) is 6.70. The molecule has 0 radical (unpaired) electrons. The summed E-state index contributed by atoms with van der Waals surface area (Å²) in [6, 6.07) is 17.9. The molecule has 1 aromatic heterocycles. The molecule has 1 amide bonds. The Morgan fingerprint density at radius 3 is 2.47 bits per heavy atom. The molecule has 0 bridgehead atoms. The topological polar surface area (TPSA) is 47.4 Å². The first kappa shape index (κ1) is 22.3. The van der Waals surface area contributed by atoms with Crippen molar-refractivity contribution in [2.75, 3.05) is 6.61 Å². The number of hydrogen-bond acceptors (Lipinski definition) is 5. The second-order valence-electron chi connectivity index (χ2n) is 7.73. The molecule has 5 nitrogen and oxygen atoms in total. The number of carbonyl (C=O) groups excluding carboxylic acids is 1. The number of thiocarbonyl (C=S) groups is 1. The number of benzene rings is 2. The van der Waals surface area contributed by atoms with Gasteiger partial charge in [0, 0.05) is 23.4 Å². The van der Waals surface area contributed by atoms with Crippen LogP contribution in [-0.2, 0) is 4.79 Å². The van der Waals surface area contributed by atoms with Crippen LogP contribution < -0.4 is 4.74 Å². The van der Waals surface area contributed by atoms with Crippen molar-refractivity contribution in [1.82, 2.24) is 14.7 Å². The van der Waals surface area contributed by atoms with Crippen molar-refractivity contribution >= 4 is 40.3 Å². The molecule has 0 spiro atoms. The van der Waals surface area contributed by atoms with E-state index < -0.39 is 0 Å². The Morgan fingerprint density at radius 1 is 1.12 bits per heavy atom. The molecule has 2 aromatic carbocycles. The molecule has 32 heavy (non-hydrogen) atoms. The Morgan fingerprint density at radius 2 is 1.84 bits per heavy atom. The molecule has 1 aliphatic rings. The van der Waals surface area contributed by atoms with Crippen LogP contribution in [0, 0.1) is 0 Å². The van der Waals surface area contributed by atoms with Crippen molar-refractivity contribution in [2.24, 2.45) is 0 Å². The fraction of sp³-hybridized carbons (Fsp3) is 0.240. The molecule has 4 rings (SSSR count). The minimum Gasteiger partial charge on any atom is -0.494 e. The van der Waals surface area contributed by atoms with Gasteiger partial charge >= 0.3 is 0 Å². The van der Waals surface area contributed by atoms with E-state index in [1.54, 1.807) is 4.90 Å². The van der Waals surface area contributed by atoms with Gasteiger partial charge in [-0.3, -0.25) is 9.69 Å². The zero-order valence-corrected chi connectivity index (χ0v) is 20.0. The number of nitrogens with zero attached hydrogens (tertiary/aromatic N) is 3. The summed E-state index contributed by atoms with van der Waals surface area (Å²) < 4.78 is 8.14. The summed E-state index contributed by atoms with van der Waals surface area (Å²) >= 11 is 6.77. The molecular weight excluding hydrogens is 438 g/mol. The maximum Gasteiger partial charge on any atom is 0.266 e. The van der Waals surface area contributed by atoms with E-state index in [1.807, 2.05) is 85.4 Å². The number of thioether (sulfide) groups is 1. The minimum atomic E-state index is -0.0586. The number of aromatic nitrogens is 2.